The highest BCUT2D eigenvalue weighted by atomic mass is 32.2. The van der Waals surface area contributed by atoms with E-state index in [2.05, 4.69) is 36.5 Å². The molecule has 0 radical (unpaired) electrons. The standard InChI is InChI=1S/C15H19N3S2/c1-3-5-10-6-4-7-11(8-10)18-12-9-13(14(16)17)20-15(12)19-2/h4,6-9,18H,3,5H2,1-2H3,(H3,16,17). The molecule has 0 aliphatic carbocycles. The van der Waals surface area contributed by atoms with Gasteiger partial charge in [-0.25, -0.2) is 0 Å². The number of amidine groups is 1. The van der Waals surface area contributed by atoms with Crippen LogP contribution in [0.25, 0.3) is 0 Å². The molecule has 0 saturated carbocycles. The molecule has 0 spiro atoms. The first-order valence-corrected chi connectivity index (χ1v) is 8.56. The average molecular weight is 305 g/mol. The molecule has 0 aliphatic rings. The number of benzene rings is 1. The maximum absolute atomic E-state index is 7.54. The summed E-state index contributed by atoms with van der Waals surface area (Å²) in [5, 5.41) is 11.0. The summed E-state index contributed by atoms with van der Waals surface area (Å²) in [5.41, 5.74) is 9.01. The molecule has 0 atom stereocenters. The molecule has 5 heteroatoms. The van der Waals surface area contributed by atoms with E-state index in [1.165, 1.54) is 5.56 Å². The average Bonchev–Trinajstić information content (AvgIpc) is 2.83. The summed E-state index contributed by atoms with van der Waals surface area (Å²) in [5.74, 6) is 0.123. The maximum atomic E-state index is 7.54. The first kappa shape index (κ1) is 14.9. The van der Waals surface area contributed by atoms with Crippen molar-refractivity contribution in [2.45, 2.75) is 24.0 Å². The summed E-state index contributed by atoms with van der Waals surface area (Å²) in [7, 11) is 0. The van der Waals surface area contributed by atoms with Gasteiger partial charge in [-0.3, -0.25) is 5.41 Å². The first-order valence-electron chi connectivity index (χ1n) is 6.52. The van der Waals surface area contributed by atoms with Gasteiger partial charge in [0.25, 0.3) is 0 Å². The van der Waals surface area contributed by atoms with Gasteiger partial charge in [-0.2, -0.15) is 0 Å². The lowest BCUT2D eigenvalue weighted by Gasteiger charge is -2.08. The van der Waals surface area contributed by atoms with Crippen molar-refractivity contribution in [1.29, 1.82) is 5.41 Å². The second kappa shape index (κ2) is 6.81. The van der Waals surface area contributed by atoms with Crippen LogP contribution in [-0.2, 0) is 6.42 Å². The van der Waals surface area contributed by atoms with Gasteiger partial charge in [-0.1, -0.05) is 25.5 Å². The number of nitrogen functional groups attached to an aromatic ring is 1. The second-order valence-corrected chi connectivity index (χ2v) is 6.63. The third kappa shape index (κ3) is 3.55. The lowest BCUT2D eigenvalue weighted by atomic mass is 10.1. The molecule has 1 heterocycles. The van der Waals surface area contributed by atoms with E-state index < -0.39 is 0 Å². The van der Waals surface area contributed by atoms with E-state index in [1.807, 2.05) is 12.3 Å². The molecule has 4 N–H and O–H groups in total. The molecular formula is C15H19N3S2. The van der Waals surface area contributed by atoms with Crippen molar-refractivity contribution in [3.05, 3.63) is 40.8 Å². The Morgan fingerprint density at radius 2 is 2.20 bits per heavy atom. The molecule has 0 bridgehead atoms. The number of nitrogens with two attached hydrogens (primary N) is 1. The number of thioether (sulfide) groups is 1. The third-order valence-electron chi connectivity index (χ3n) is 2.89. The van der Waals surface area contributed by atoms with Crippen LogP contribution in [0, 0.1) is 5.41 Å². The normalized spacial score (nSPS) is 10.5. The number of anilines is 2. The summed E-state index contributed by atoms with van der Waals surface area (Å²) < 4.78 is 1.15. The van der Waals surface area contributed by atoms with Gasteiger partial charge < -0.3 is 11.1 Å². The van der Waals surface area contributed by atoms with E-state index >= 15 is 0 Å². The Balaban J connectivity index is 2.24. The van der Waals surface area contributed by atoms with Gasteiger partial charge in [0.15, 0.2) is 0 Å². The van der Waals surface area contributed by atoms with Crippen molar-refractivity contribution in [2.75, 3.05) is 11.6 Å². The second-order valence-electron chi connectivity index (χ2n) is 4.50. The van der Waals surface area contributed by atoms with Gasteiger partial charge in [0, 0.05) is 5.69 Å². The van der Waals surface area contributed by atoms with E-state index in [4.69, 9.17) is 11.1 Å². The Morgan fingerprint density at radius 1 is 1.40 bits per heavy atom. The summed E-state index contributed by atoms with van der Waals surface area (Å²) >= 11 is 3.22. The van der Waals surface area contributed by atoms with Gasteiger partial charge in [0.05, 0.1) is 14.8 Å². The van der Waals surface area contributed by atoms with Crippen LogP contribution in [0.3, 0.4) is 0 Å². The van der Waals surface area contributed by atoms with Crippen LogP contribution in [0.5, 0.6) is 0 Å². The molecule has 0 aliphatic heterocycles. The lowest BCUT2D eigenvalue weighted by molar-refractivity contribution is 0.922. The monoisotopic (exact) mass is 305 g/mol. The van der Waals surface area contributed by atoms with Crippen molar-refractivity contribution in [1.82, 2.24) is 0 Å². The molecule has 20 heavy (non-hydrogen) atoms. The van der Waals surface area contributed by atoms with Crippen LogP contribution in [-0.4, -0.2) is 12.1 Å². The number of hydrogen-bond acceptors (Lipinski definition) is 4. The molecule has 0 fully saturated rings. The van der Waals surface area contributed by atoms with Crippen molar-refractivity contribution < 1.29 is 0 Å². The molecule has 0 saturated heterocycles. The Hall–Kier alpha value is -1.46. The molecule has 1 aromatic carbocycles. The number of thiophene rings is 1. The van der Waals surface area contributed by atoms with Gasteiger partial charge >= 0.3 is 0 Å². The SMILES string of the molecule is CCCc1cccc(Nc2cc(C(=N)N)sc2SC)c1. The Bertz CT molecular complexity index is 605. The highest BCUT2D eigenvalue weighted by Gasteiger charge is 2.10. The van der Waals surface area contributed by atoms with Crippen LogP contribution in [0.2, 0.25) is 0 Å². The molecule has 3 nitrogen and oxygen atoms in total. The molecular weight excluding hydrogens is 286 g/mol. The number of nitrogens with one attached hydrogen (secondary N) is 2. The molecule has 1 aromatic heterocycles. The molecule has 0 amide bonds. The predicted molar refractivity (Wildman–Crippen MR) is 90.8 cm³/mol. The quantitative estimate of drug-likeness (QED) is 0.420. The number of aryl methyl sites for hydroxylation is 1. The fourth-order valence-corrected chi connectivity index (χ4v) is 3.63. The van der Waals surface area contributed by atoms with Crippen LogP contribution in [0.15, 0.2) is 34.5 Å². The molecule has 2 rings (SSSR count). The van der Waals surface area contributed by atoms with Crippen LogP contribution >= 0.6 is 23.1 Å². The summed E-state index contributed by atoms with van der Waals surface area (Å²) in [6.45, 7) is 2.18. The first-order chi connectivity index (χ1) is 9.63. The van der Waals surface area contributed by atoms with Crippen molar-refractivity contribution in [2.24, 2.45) is 5.73 Å². The highest BCUT2D eigenvalue weighted by molar-refractivity contribution is 8.00. The minimum absolute atomic E-state index is 0.123. The van der Waals surface area contributed by atoms with E-state index in [9.17, 15) is 0 Å². The Labute approximate surface area is 128 Å². The van der Waals surface area contributed by atoms with Crippen LogP contribution in [0.1, 0.15) is 23.8 Å². The van der Waals surface area contributed by atoms with Gasteiger partial charge in [-0.05, 0) is 36.4 Å². The van der Waals surface area contributed by atoms with Gasteiger partial charge in [0.2, 0.25) is 0 Å². The topological polar surface area (TPSA) is 61.9 Å². The maximum Gasteiger partial charge on any atom is 0.133 e. The van der Waals surface area contributed by atoms with Gasteiger partial charge in [0.1, 0.15) is 5.84 Å². The highest BCUT2D eigenvalue weighted by Crippen LogP contribution is 2.36. The lowest BCUT2D eigenvalue weighted by Crippen LogP contribution is -2.08. The molecule has 0 unspecified atom stereocenters. The van der Waals surface area contributed by atoms with Crippen LogP contribution < -0.4 is 11.1 Å². The zero-order valence-corrected chi connectivity index (χ0v) is 13.3. The van der Waals surface area contributed by atoms with Gasteiger partial charge in [-0.15, -0.1) is 23.1 Å². The third-order valence-corrected chi connectivity index (χ3v) is 5.20. The summed E-state index contributed by atoms with van der Waals surface area (Å²) in [6, 6.07) is 10.4. The van der Waals surface area contributed by atoms with E-state index in [0.29, 0.717) is 0 Å². The smallest absolute Gasteiger partial charge is 0.133 e. The Morgan fingerprint density at radius 3 is 2.85 bits per heavy atom. The largest absolute Gasteiger partial charge is 0.383 e. The fourth-order valence-electron chi connectivity index (χ4n) is 1.99. The zero-order chi connectivity index (χ0) is 14.5. The zero-order valence-electron chi connectivity index (χ0n) is 11.7. The van der Waals surface area contributed by atoms with Crippen molar-refractivity contribution in [3.63, 3.8) is 0 Å². The summed E-state index contributed by atoms with van der Waals surface area (Å²) in [4.78, 5) is 0.807. The van der Waals surface area contributed by atoms with Crippen molar-refractivity contribution >= 4 is 40.3 Å². The van der Waals surface area contributed by atoms with E-state index in [0.717, 1.165) is 33.3 Å². The van der Waals surface area contributed by atoms with E-state index in [1.54, 1.807) is 23.1 Å². The Kier molecular flexibility index (Phi) is 5.09. The molecule has 2 aromatic rings. The minimum atomic E-state index is 0.123. The summed E-state index contributed by atoms with van der Waals surface area (Å²) in [6.07, 6.45) is 4.27. The van der Waals surface area contributed by atoms with Crippen molar-refractivity contribution in [3.8, 4) is 0 Å². The van der Waals surface area contributed by atoms with Crippen LogP contribution in [0.4, 0.5) is 11.4 Å². The van der Waals surface area contributed by atoms with E-state index in [-0.39, 0.29) is 5.84 Å². The molecule has 106 valence electrons. The fraction of sp³-hybridized carbons (Fsp3) is 0.267. The predicted octanol–water partition coefficient (Wildman–Crippen LogP) is 4.45. The number of hydrogen-bond donors (Lipinski definition) is 3. The minimum Gasteiger partial charge on any atom is -0.383 e. The number of rotatable bonds is 6.